The van der Waals surface area contributed by atoms with Gasteiger partial charge >= 0.3 is 0 Å². The van der Waals surface area contributed by atoms with Crippen LogP contribution in [0, 0.1) is 5.82 Å². The van der Waals surface area contributed by atoms with E-state index in [1.807, 2.05) is 23.3 Å². The van der Waals surface area contributed by atoms with Gasteiger partial charge in [-0.1, -0.05) is 25.8 Å². The fourth-order valence-corrected chi connectivity index (χ4v) is 5.26. The van der Waals surface area contributed by atoms with Gasteiger partial charge in [-0.3, -0.25) is 4.79 Å². The van der Waals surface area contributed by atoms with E-state index in [2.05, 4.69) is 16.0 Å². The van der Waals surface area contributed by atoms with Crippen LogP contribution in [0.4, 0.5) is 4.39 Å². The monoisotopic (exact) mass is 389 g/mol. The van der Waals surface area contributed by atoms with Gasteiger partial charge in [0.25, 0.3) is 5.88 Å². The quantitative estimate of drug-likeness (QED) is 0.782. The Morgan fingerprint density at radius 2 is 2.22 bits per heavy atom. The molecule has 4 rings (SSSR count). The maximum atomic E-state index is 14.3. The van der Waals surface area contributed by atoms with Crippen LogP contribution in [0.3, 0.4) is 0 Å². The zero-order valence-electron chi connectivity index (χ0n) is 15.5. The van der Waals surface area contributed by atoms with E-state index in [-0.39, 0.29) is 23.3 Å². The van der Waals surface area contributed by atoms with Crippen LogP contribution >= 0.6 is 11.3 Å². The van der Waals surface area contributed by atoms with Crippen molar-refractivity contribution in [3.05, 3.63) is 40.2 Å². The molecule has 2 aliphatic rings. The number of thiophene rings is 1. The molecular weight excluding hydrogens is 365 g/mol. The number of rotatable bonds is 5. The summed E-state index contributed by atoms with van der Waals surface area (Å²) in [5.74, 6) is -0.295. The number of ether oxygens (including phenoxy) is 1. The Kier molecular flexibility index (Phi) is 5.12. The highest BCUT2D eigenvalue weighted by Crippen LogP contribution is 2.45. The lowest BCUT2D eigenvalue weighted by molar-refractivity contribution is -0.136. The highest BCUT2D eigenvalue weighted by Gasteiger charge is 2.47. The molecule has 1 aliphatic heterocycles. The van der Waals surface area contributed by atoms with Crippen LogP contribution in [-0.2, 0) is 16.6 Å². The van der Waals surface area contributed by atoms with Gasteiger partial charge in [-0.15, -0.1) is 11.3 Å². The standard InChI is InChI=1S/C20H24FN3O2S/c1-2-15-17(21)18(23-13-22-15)26-14-7-10-24(12-14)19(25)20(8-3-4-9-20)16-6-5-11-27-16/h5-6,11,13-14H,2-4,7-10,12H2,1H3/t14-/m0/s1. The Morgan fingerprint density at radius 1 is 1.41 bits per heavy atom. The SMILES string of the molecule is CCc1ncnc(O[C@H]2CCN(C(=O)C3(c4cccs4)CCCC3)C2)c1F. The van der Waals surface area contributed by atoms with Crippen molar-refractivity contribution in [2.24, 2.45) is 0 Å². The van der Waals surface area contributed by atoms with Crippen molar-refractivity contribution in [3.8, 4) is 5.88 Å². The summed E-state index contributed by atoms with van der Waals surface area (Å²) < 4.78 is 20.1. The summed E-state index contributed by atoms with van der Waals surface area (Å²) in [5.41, 5.74) is -0.0213. The molecule has 5 nitrogen and oxygen atoms in total. The molecule has 2 aromatic rings. The van der Waals surface area contributed by atoms with E-state index in [1.165, 1.54) is 11.2 Å². The second-order valence-electron chi connectivity index (χ2n) is 7.34. The molecule has 2 fully saturated rings. The molecule has 144 valence electrons. The normalized spacial score (nSPS) is 21.6. The van der Waals surface area contributed by atoms with Gasteiger partial charge in [0.2, 0.25) is 11.7 Å². The fourth-order valence-electron chi connectivity index (χ4n) is 4.28. The first-order chi connectivity index (χ1) is 13.1. The average Bonchev–Trinajstić information content (AvgIpc) is 3.44. The van der Waals surface area contributed by atoms with Gasteiger partial charge in [0.05, 0.1) is 17.7 Å². The zero-order valence-corrected chi connectivity index (χ0v) is 16.3. The Bertz CT molecular complexity index is 806. The molecule has 0 aromatic carbocycles. The lowest BCUT2D eigenvalue weighted by Crippen LogP contribution is -2.44. The molecule has 0 bridgehead atoms. The van der Waals surface area contributed by atoms with E-state index in [0.29, 0.717) is 31.6 Å². The molecule has 1 atom stereocenters. The number of nitrogens with zero attached hydrogens (tertiary/aromatic N) is 3. The van der Waals surface area contributed by atoms with Gasteiger partial charge in [0, 0.05) is 17.8 Å². The smallest absolute Gasteiger partial charge is 0.254 e. The summed E-state index contributed by atoms with van der Waals surface area (Å²) >= 11 is 1.67. The van der Waals surface area contributed by atoms with Crippen molar-refractivity contribution < 1.29 is 13.9 Å². The molecule has 1 aliphatic carbocycles. The minimum atomic E-state index is -0.490. The molecule has 0 spiro atoms. The van der Waals surface area contributed by atoms with Crippen LogP contribution in [0.1, 0.15) is 49.6 Å². The van der Waals surface area contributed by atoms with Crippen molar-refractivity contribution in [3.63, 3.8) is 0 Å². The van der Waals surface area contributed by atoms with E-state index in [4.69, 9.17) is 4.74 Å². The van der Waals surface area contributed by atoms with Crippen molar-refractivity contribution in [2.45, 2.75) is 57.0 Å². The number of halogens is 1. The van der Waals surface area contributed by atoms with Crippen LogP contribution in [0.2, 0.25) is 0 Å². The van der Waals surface area contributed by atoms with Crippen LogP contribution in [0.5, 0.6) is 5.88 Å². The van der Waals surface area contributed by atoms with Crippen molar-refractivity contribution >= 4 is 17.2 Å². The van der Waals surface area contributed by atoms with Crippen LogP contribution in [0.25, 0.3) is 0 Å². The predicted octanol–water partition coefficient (Wildman–Crippen LogP) is 3.73. The summed E-state index contributed by atoms with van der Waals surface area (Å²) in [7, 11) is 0. The molecule has 1 saturated carbocycles. The van der Waals surface area contributed by atoms with Gasteiger partial charge in [-0.05, 0) is 30.7 Å². The predicted molar refractivity (Wildman–Crippen MR) is 101 cm³/mol. The number of hydrogen-bond donors (Lipinski definition) is 0. The number of hydrogen-bond acceptors (Lipinski definition) is 5. The van der Waals surface area contributed by atoms with Crippen LogP contribution in [0.15, 0.2) is 23.8 Å². The van der Waals surface area contributed by atoms with E-state index < -0.39 is 5.82 Å². The van der Waals surface area contributed by atoms with Crippen LogP contribution < -0.4 is 4.74 Å². The third-order valence-corrected chi connectivity index (χ3v) is 6.81. The number of aryl methyl sites for hydroxylation is 1. The first-order valence-corrected chi connectivity index (χ1v) is 10.5. The molecule has 3 heterocycles. The highest BCUT2D eigenvalue weighted by atomic mass is 32.1. The van der Waals surface area contributed by atoms with Gasteiger partial charge in [-0.25, -0.2) is 4.98 Å². The van der Waals surface area contributed by atoms with Gasteiger partial charge in [0.15, 0.2) is 0 Å². The summed E-state index contributed by atoms with van der Waals surface area (Å²) in [6, 6.07) is 4.10. The first-order valence-electron chi connectivity index (χ1n) is 9.63. The second-order valence-corrected chi connectivity index (χ2v) is 8.29. The Labute approximate surface area is 162 Å². The van der Waals surface area contributed by atoms with E-state index in [0.717, 1.165) is 25.7 Å². The minimum absolute atomic E-state index is 0.00464. The largest absolute Gasteiger partial charge is 0.470 e. The molecule has 27 heavy (non-hydrogen) atoms. The molecule has 2 aromatic heterocycles. The molecule has 0 unspecified atom stereocenters. The van der Waals surface area contributed by atoms with Crippen molar-refractivity contribution in [2.75, 3.05) is 13.1 Å². The molecular formula is C20H24FN3O2S. The van der Waals surface area contributed by atoms with Gasteiger partial charge < -0.3 is 9.64 Å². The summed E-state index contributed by atoms with van der Waals surface area (Å²) in [6.45, 7) is 2.97. The van der Waals surface area contributed by atoms with Gasteiger partial charge in [-0.2, -0.15) is 9.37 Å². The molecule has 0 radical (unpaired) electrons. The first kappa shape index (κ1) is 18.3. The van der Waals surface area contributed by atoms with Crippen LogP contribution in [-0.4, -0.2) is 40.0 Å². The molecule has 0 N–H and O–H groups in total. The summed E-state index contributed by atoms with van der Waals surface area (Å²) in [4.78, 5) is 24.4. The third-order valence-electron chi connectivity index (χ3n) is 5.73. The van der Waals surface area contributed by atoms with E-state index in [1.54, 1.807) is 11.3 Å². The number of amides is 1. The Balaban J connectivity index is 1.47. The van der Waals surface area contributed by atoms with Gasteiger partial charge in [0.1, 0.15) is 12.4 Å². The lowest BCUT2D eigenvalue weighted by atomic mass is 9.83. The fraction of sp³-hybridized carbons (Fsp3) is 0.550. The second kappa shape index (κ2) is 7.54. The zero-order chi connectivity index (χ0) is 18.9. The van der Waals surface area contributed by atoms with E-state index in [9.17, 15) is 9.18 Å². The molecule has 1 saturated heterocycles. The number of likely N-dealkylation sites (tertiary alicyclic amines) is 1. The maximum absolute atomic E-state index is 14.3. The minimum Gasteiger partial charge on any atom is -0.470 e. The number of carbonyl (C=O) groups is 1. The Morgan fingerprint density at radius 3 is 2.93 bits per heavy atom. The number of aromatic nitrogens is 2. The highest BCUT2D eigenvalue weighted by molar-refractivity contribution is 7.10. The summed E-state index contributed by atoms with van der Waals surface area (Å²) in [5, 5.41) is 2.04. The summed E-state index contributed by atoms with van der Waals surface area (Å²) in [6.07, 6.45) is 6.28. The van der Waals surface area contributed by atoms with Crippen molar-refractivity contribution in [1.82, 2.24) is 14.9 Å². The van der Waals surface area contributed by atoms with E-state index >= 15 is 0 Å². The lowest BCUT2D eigenvalue weighted by Gasteiger charge is -2.31. The molecule has 7 heteroatoms. The number of carbonyl (C=O) groups excluding carboxylic acids is 1. The maximum Gasteiger partial charge on any atom is 0.254 e. The Hall–Kier alpha value is -2.02. The third kappa shape index (κ3) is 3.33. The van der Waals surface area contributed by atoms with Crippen molar-refractivity contribution in [1.29, 1.82) is 0 Å². The average molecular weight is 389 g/mol. The molecule has 1 amide bonds. The topological polar surface area (TPSA) is 55.3 Å².